The monoisotopic (exact) mass is 226 g/mol. The van der Waals surface area contributed by atoms with E-state index in [0.717, 1.165) is 0 Å². The molecule has 4 nitrogen and oxygen atoms in total. The van der Waals surface area contributed by atoms with Crippen molar-refractivity contribution in [3.8, 4) is 0 Å². The predicted octanol–water partition coefficient (Wildman–Crippen LogP) is 2.19. The Kier molecular flexibility index (Phi) is 3.41. The van der Waals surface area contributed by atoms with Crippen LogP contribution in [0.2, 0.25) is 0 Å². The number of ketones is 1. The molecule has 0 bridgehead atoms. The summed E-state index contributed by atoms with van der Waals surface area (Å²) < 4.78 is 10.4. The van der Waals surface area contributed by atoms with Crippen LogP contribution in [-0.4, -0.2) is 17.9 Å². The maximum atomic E-state index is 11.7. The Morgan fingerprint density at radius 1 is 1.44 bits per heavy atom. The highest BCUT2D eigenvalue weighted by molar-refractivity contribution is 6.01. The molecule has 1 aliphatic heterocycles. The van der Waals surface area contributed by atoms with Crippen molar-refractivity contribution in [2.24, 2.45) is 5.41 Å². The van der Waals surface area contributed by atoms with Gasteiger partial charge < -0.3 is 9.47 Å². The number of esters is 1. The van der Waals surface area contributed by atoms with Crippen molar-refractivity contribution >= 4 is 11.8 Å². The van der Waals surface area contributed by atoms with Crippen molar-refractivity contribution in [1.82, 2.24) is 0 Å². The van der Waals surface area contributed by atoms with Crippen molar-refractivity contribution in [3.05, 3.63) is 11.5 Å². The third-order valence-corrected chi connectivity index (χ3v) is 2.29. The van der Waals surface area contributed by atoms with Gasteiger partial charge in [-0.15, -0.1) is 0 Å². The molecule has 0 aromatic carbocycles. The van der Waals surface area contributed by atoms with Gasteiger partial charge in [-0.25, -0.2) is 0 Å². The summed E-state index contributed by atoms with van der Waals surface area (Å²) in [6.45, 7) is 8.73. The number of carbonyl (C=O) groups excluding carboxylic acids is 2. The molecular weight excluding hydrogens is 208 g/mol. The summed E-state index contributed by atoms with van der Waals surface area (Å²) in [7, 11) is 0. The molecule has 0 saturated heterocycles. The maximum absolute atomic E-state index is 11.7. The number of ether oxygens (including phenoxy) is 2. The van der Waals surface area contributed by atoms with Gasteiger partial charge in [-0.1, -0.05) is 6.92 Å². The van der Waals surface area contributed by atoms with Crippen LogP contribution in [0.1, 0.15) is 41.0 Å². The van der Waals surface area contributed by atoms with Crippen molar-refractivity contribution in [2.75, 3.05) is 0 Å². The fourth-order valence-corrected chi connectivity index (χ4v) is 1.24. The minimum atomic E-state index is -0.627. The summed E-state index contributed by atoms with van der Waals surface area (Å²) in [6.07, 6.45) is 0.000701. The van der Waals surface area contributed by atoms with Gasteiger partial charge in [-0.2, -0.15) is 0 Å². The van der Waals surface area contributed by atoms with E-state index in [0.29, 0.717) is 12.2 Å². The second-order valence-electron chi connectivity index (χ2n) is 4.87. The van der Waals surface area contributed by atoms with Gasteiger partial charge >= 0.3 is 5.97 Å². The lowest BCUT2D eigenvalue weighted by atomic mass is 9.97. The third kappa shape index (κ3) is 2.43. The molecule has 0 N–H and O–H groups in total. The average molecular weight is 226 g/mol. The lowest BCUT2D eigenvalue weighted by Crippen LogP contribution is -2.25. The number of Topliss-reactive ketones (excluding diaryl/α,β-unsaturated/α-hetero) is 1. The lowest BCUT2D eigenvalue weighted by Gasteiger charge is -2.16. The van der Waals surface area contributed by atoms with Crippen LogP contribution in [0.15, 0.2) is 11.5 Å². The van der Waals surface area contributed by atoms with E-state index >= 15 is 0 Å². The molecule has 0 amide bonds. The Labute approximate surface area is 95.6 Å². The number of allylic oxidation sites excluding steroid dienone is 1. The van der Waals surface area contributed by atoms with Gasteiger partial charge in [-0.3, -0.25) is 9.59 Å². The largest absolute Gasteiger partial charge is 0.483 e. The average Bonchev–Trinajstić information content (AvgIpc) is 2.44. The molecule has 16 heavy (non-hydrogen) atoms. The zero-order valence-corrected chi connectivity index (χ0v) is 10.4. The van der Waals surface area contributed by atoms with Crippen LogP contribution in [0, 0.1) is 5.41 Å². The van der Waals surface area contributed by atoms with Gasteiger partial charge in [0.25, 0.3) is 0 Å². The molecule has 0 aliphatic carbocycles. The number of hydrogen-bond donors (Lipinski definition) is 0. The smallest absolute Gasteiger partial charge is 0.316 e. The van der Waals surface area contributed by atoms with Crippen molar-refractivity contribution in [3.63, 3.8) is 0 Å². The first-order valence-corrected chi connectivity index (χ1v) is 5.43. The van der Waals surface area contributed by atoms with Crippen LogP contribution in [0.25, 0.3) is 0 Å². The summed E-state index contributed by atoms with van der Waals surface area (Å²) >= 11 is 0. The second kappa shape index (κ2) is 4.28. The Bertz CT molecular complexity index is 347. The standard InChI is InChI=1S/C12H18O4/c1-6-8-10(9(13)7(2)15-8)16-11(14)12(3,4)5/h7H,6H2,1-5H3. The van der Waals surface area contributed by atoms with E-state index < -0.39 is 17.5 Å². The third-order valence-electron chi connectivity index (χ3n) is 2.29. The summed E-state index contributed by atoms with van der Waals surface area (Å²) in [5.74, 6) is -0.126. The van der Waals surface area contributed by atoms with Crippen LogP contribution < -0.4 is 0 Å². The fourth-order valence-electron chi connectivity index (χ4n) is 1.24. The van der Waals surface area contributed by atoms with Crippen LogP contribution in [-0.2, 0) is 19.1 Å². The first kappa shape index (κ1) is 12.7. The topological polar surface area (TPSA) is 52.6 Å². The lowest BCUT2D eigenvalue weighted by molar-refractivity contribution is -0.150. The van der Waals surface area contributed by atoms with Gasteiger partial charge in [0.15, 0.2) is 6.10 Å². The van der Waals surface area contributed by atoms with E-state index in [1.54, 1.807) is 27.7 Å². The molecule has 0 spiro atoms. The minimum absolute atomic E-state index is 0.0786. The van der Waals surface area contributed by atoms with Gasteiger partial charge in [0.05, 0.1) is 5.41 Å². The first-order valence-electron chi connectivity index (χ1n) is 5.43. The van der Waals surface area contributed by atoms with Crippen LogP contribution in [0.4, 0.5) is 0 Å². The SMILES string of the molecule is CCC1=C(OC(=O)C(C)(C)C)C(=O)C(C)O1. The summed E-state index contributed by atoms with van der Waals surface area (Å²) in [4.78, 5) is 23.3. The van der Waals surface area contributed by atoms with Crippen LogP contribution >= 0.6 is 0 Å². The number of carbonyl (C=O) groups is 2. The first-order chi connectivity index (χ1) is 7.27. The zero-order valence-electron chi connectivity index (χ0n) is 10.4. The summed E-state index contributed by atoms with van der Waals surface area (Å²) in [5, 5.41) is 0. The van der Waals surface area contributed by atoms with E-state index in [-0.39, 0.29) is 11.5 Å². The fraction of sp³-hybridized carbons (Fsp3) is 0.667. The van der Waals surface area contributed by atoms with Crippen LogP contribution in [0.3, 0.4) is 0 Å². The highest BCUT2D eigenvalue weighted by Gasteiger charge is 2.36. The molecule has 1 atom stereocenters. The van der Waals surface area contributed by atoms with Crippen LogP contribution in [0.5, 0.6) is 0 Å². The molecule has 1 heterocycles. The summed E-state index contributed by atoms with van der Waals surface area (Å²) in [5.41, 5.74) is -0.627. The molecule has 1 rings (SSSR count). The predicted molar refractivity (Wildman–Crippen MR) is 58.4 cm³/mol. The van der Waals surface area contributed by atoms with E-state index in [2.05, 4.69) is 0 Å². The van der Waals surface area contributed by atoms with Crippen molar-refractivity contribution in [1.29, 1.82) is 0 Å². The van der Waals surface area contributed by atoms with E-state index in [1.807, 2.05) is 6.92 Å². The highest BCUT2D eigenvalue weighted by Crippen LogP contribution is 2.27. The quantitative estimate of drug-likeness (QED) is 0.677. The molecule has 0 radical (unpaired) electrons. The molecule has 0 aromatic heterocycles. The van der Waals surface area contributed by atoms with Gasteiger partial charge in [-0.05, 0) is 27.7 Å². The minimum Gasteiger partial charge on any atom is -0.483 e. The van der Waals surface area contributed by atoms with Gasteiger partial charge in [0.1, 0.15) is 5.76 Å². The van der Waals surface area contributed by atoms with Crippen molar-refractivity contribution < 1.29 is 19.1 Å². The number of rotatable bonds is 2. The second-order valence-corrected chi connectivity index (χ2v) is 4.87. The van der Waals surface area contributed by atoms with Gasteiger partial charge in [0, 0.05) is 6.42 Å². The van der Waals surface area contributed by atoms with E-state index in [9.17, 15) is 9.59 Å². The van der Waals surface area contributed by atoms with Gasteiger partial charge in [0.2, 0.25) is 11.5 Å². The van der Waals surface area contributed by atoms with Crippen molar-refractivity contribution in [2.45, 2.75) is 47.1 Å². The summed E-state index contributed by atoms with van der Waals surface area (Å²) in [6, 6.07) is 0. The molecule has 4 heteroatoms. The Morgan fingerprint density at radius 2 is 2.00 bits per heavy atom. The van der Waals surface area contributed by atoms with E-state index in [1.165, 1.54) is 0 Å². The highest BCUT2D eigenvalue weighted by atomic mass is 16.6. The molecule has 1 unspecified atom stereocenters. The zero-order chi connectivity index (χ0) is 12.5. The number of hydrogen-bond acceptors (Lipinski definition) is 4. The molecule has 1 aliphatic rings. The Balaban J connectivity index is 2.87. The van der Waals surface area contributed by atoms with E-state index in [4.69, 9.17) is 9.47 Å². The Hall–Kier alpha value is -1.32. The molecular formula is C12H18O4. The molecule has 90 valence electrons. The maximum Gasteiger partial charge on any atom is 0.316 e. The normalized spacial score (nSPS) is 21.1. The molecule has 0 aromatic rings. The molecule has 0 saturated carbocycles. The Morgan fingerprint density at radius 3 is 2.44 bits per heavy atom. The molecule has 0 fully saturated rings.